The molecule has 3 heteroatoms. The first-order valence-corrected chi connectivity index (χ1v) is 7.16. The fourth-order valence-electron chi connectivity index (χ4n) is 2.28. The van der Waals surface area contributed by atoms with Crippen LogP contribution in [0.15, 0.2) is 24.3 Å². The molecule has 19 heavy (non-hydrogen) atoms. The molecule has 2 atom stereocenters. The molecule has 0 saturated carbocycles. The van der Waals surface area contributed by atoms with Gasteiger partial charge in [0.15, 0.2) is 0 Å². The van der Waals surface area contributed by atoms with Crippen molar-refractivity contribution >= 4 is 0 Å². The van der Waals surface area contributed by atoms with Gasteiger partial charge >= 0.3 is 0 Å². The molecule has 0 spiro atoms. The van der Waals surface area contributed by atoms with E-state index in [0.29, 0.717) is 0 Å². The van der Waals surface area contributed by atoms with Crippen molar-refractivity contribution in [1.82, 2.24) is 5.32 Å². The number of benzene rings is 1. The summed E-state index contributed by atoms with van der Waals surface area (Å²) in [6, 6.07) is 8.50. The summed E-state index contributed by atoms with van der Waals surface area (Å²) in [5.41, 5.74) is 1.26. The van der Waals surface area contributed by atoms with E-state index < -0.39 is 0 Å². The molecule has 0 aliphatic rings. The Morgan fingerprint density at radius 1 is 1.05 bits per heavy atom. The van der Waals surface area contributed by atoms with Crippen molar-refractivity contribution in [1.29, 1.82) is 0 Å². The zero-order valence-electron chi connectivity index (χ0n) is 12.6. The Morgan fingerprint density at radius 3 is 2.21 bits per heavy atom. The van der Waals surface area contributed by atoms with E-state index in [2.05, 4.69) is 31.3 Å². The molecule has 0 saturated heterocycles. The quantitative estimate of drug-likeness (QED) is 0.740. The third kappa shape index (κ3) is 4.84. The lowest BCUT2D eigenvalue weighted by molar-refractivity contribution is 0.0606. The molecule has 1 N–H and O–H groups in total. The summed E-state index contributed by atoms with van der Waals surface area (Å²) in [5.74, 6) is 0.891. The van der Waals surface area contributed by atoms with Crippen LogP contribution < -0.4 is 10.1 Å². The molecule has 108 valence electrons. The summed E-state index contributed by atoms with van der Waals surface area (Å²) in [4.78, 5) is 0. The molecule has 2 unspecified atom stereocenters. The van der Waals surface area contributed by atoms with Crippen LogP contribution in [0.5, 0.6) is 5.75 Å². The minimum atomic E-state index is 0.213. The van der Waals surface area contributed by atoms with Gasteiger partial charge in [-0.1, -0.05) is 32.4 Å². The third-order valence-corrected chi connectivity index (χ3v) is 3.34. The largest absolute Gasteiger partial charge is 0.497 e. The van der Waals surface area contributed by atoms with Crippen molar-refractivity contribution in [2.45, 2.75) is 45.3 Å². The highest BCUT2D eigenvalue weighted by Crippen LogP contribution is 2.24. The van der Waals surface area contributed by atoms with E-state index in [0.717, 1.165) is 31.6 Å². The Kier molecular flexibility index (Phi) is 7.53. The van der Waals surface area contributed by atoms with Crippen LogP contribution in [0.2, 0.25) is 0 Å². The standard InChI is InChI=1S/C16H27NO2/c1-5-7-15(19-4)16(17-12-6-2)13-8-10-14(18-3)11-9-13/h8-11,15-17H,5-7,12H2,1-4H3. The Morgan fingerprint density at radius 2 is 1.74 bits per heavy atom. The average molecular weight is 265 g/mol. The van der Waals surface area contributed by atoms with Gasteiger partial charge in [0.1, 0.15) is 5.75 Å². The maximum absolute atomic E-state index is 5.67. The van der Waals surface area contributed by atoms with E-state index in [1.165, 1.54) is 5.56 Å². The highest BCUT2D eigenvalue weighted by molar-refractivity contribution is 5.29. The Balaban J connectivity index is 2.86. The lowest BCUT2D eigenvalue weighted by Crippen LogP contribution is -2.33. The second-order valence-corrected chi connectivity index (χ2v) is 4.77. The second kappa shape index (κ2) is 8.94. The average Bonchev–Trinajstić information content (AvgIpc) is 2.47. The number of hydrogen-bond acceptors (Lipinski definition) is 3. The fourth-order valence-corrected chi connectivity index (χ4v) is 2.28. The normalized spacial score (nSPS) is 14.1. The molecule has 0 bridgehead atoms. The van der Waals surface area contributed by atoms with E-state index in [4.69, 9.17) is 9.47 Å². The molecule has 1 rings (SSSR count). The molecule has 0 aliphatic carbocycles. The van der Waals surface area contributed by atoms with Gasteiger partial charge in [-0.05, 0) is 37.1 Å². The lowest BCUT2D eigenvalue weighted by atomic mass is 9.97. The predicted molar refractivity (Wildman–Crippen MR) is 79.7 cm³/mol. The monoisotopic (exact) mass is 265 g/mol. The molecule has 1 aromatic carbocycles. The first-order chi connectivity index (χ1) is 9.26. The van der Waals surface area contributed by atoms with Crippen LogP contribution in [0.4, 0.5) is 0 Å². The van der Waals surface area contributed by atoms with E-state index in [9.17, 15) is 0 Å². The zero-order valence-corrected chi connectivity index (χ0v) is 12.6. The number of ether oxygens (including phenoxy) is 2. The summed E-state index contributed by atoms with van der Waals surface area (Å²) >= 11 is 0. The molecule has 1 aromatic rings. The van der Waals surface area contributed by atoms with E-state index >= 15 is 0 Å². The summed E-state index contributed by atoms with van der Waals surface area (Å²) in [7, 11) is 3.49. The predicted octanol–water partition coefficient (Wildman–Crippen LogP) is 3.55. The van der Waals surface area contributed by atoms with Crippen LogP contribution >= 0.6 is 0 Å². The van der Waals surface area contributed by atoms with E-state index in [1.807, 2.05) is 12.1 Å². The van der Waals surface area contributed by atoms with Gasteiger partial charge in [0.25, 0.3) is 0 Å². The van der Waals surface area contributed by atoms with Crippen LogP contribution in [0.1, 0.15) is 44.7 Å². The maximum Gasteiger partial charge on any atom is 0.118 e. The van der Waals surface area contributed by atoms with E-state index in [1.54, 1.807) is 14.2 Å². The van der Waals surface area contributed by atoms with Gasteiger partial charge < -0.3 is 14.8 Å². The maximum atomic E-state index is 5.67. The first kappa shape index (κ1) is 16.0. The summed E-state index contributed by atoms with van der Waals surface area (Å²) in [5, 5.41) is 3.59. The summed E-state index contributed by atoms with van der Waals surface area (Å²) < 4.78 is 10.9. The van der Waals surface area contributed by atoms with Crippen molar-refractivity contribution in [3.8, 4) is 5.75 Å². The van der Waals surface area contributed by atoms with Crippen LogP contribution in [-0.2, 0) is 4.74 Å². The van der Waals surface area contributed by atoms with Crippen LogP contribution in [0, 0.1) is 0 Å². The first-order valence-electron chi connectivity index (χ1n) is 7.16. The molecule has 0 radical (unpaired) electrons. The molecule has 0 fully saturated rings. The number of rotatable bonds is 9. The second-order valence-electron chi connectivity index (χ2n) is 4.77. The van der Waals surface area contributed by atoms with Crippen molar-refractivity contribution in [3.63, 3.8) is 0 Å². The highest BCUT2D eigenvalue weighted by Gasteiger charge is 2.21. The summed E-state index contributed by atoms with van der Waals surface area (Å²) in [6.45, 7) is 5.37. The molecule has 0 aromatic heterocycles. The van der Waals surface area contributed by atoms with Crippen molar-refractivity contribution in [2.24, 2.45) is 0 Å². The van der Waals surface area contributed by atoms with Gasteiger partial charge in [-0.25, -0.2) is 0 Å². The Hall–Kier alpha value is -1.06. The van der Waals surface area contributed by atoms with Crippen LogP contribution in [-0.4, -0.2) is 26.9 Å². The number of hydrogen-bond donors (Lipinski definition) is 1. The molecular weight excluding hydrogens is 238 g/mol. The molecule has 3 nitrogen and oxygen atoms in total. The van der Waals surface area contributed by atoms with Crippen molar-refractivity contribution in [2.75, 3.05) is 20.8 Å². The minimum Gasteiger partial charge on any atom is -0.497 e. The van der Waals surface area contributed by atoms with Gasteiger partial charge in [-0.2, -0.15) is 0 Å². The van der Waals surface area contributed by atoms with Crippen LogP contribution in [0.3, 0.4) is 0 Å². The van der Waals surface area contributed by atoms with Gasteiger partial charge in [0.2, 0.25) is 0 Å². The molecule has 0 aliphatic heterocycles. The van der Waals surface area contributed by atoms with E-state index in [-0.39, 0.29) is 12.1 Å². The van der Waals surface area contributed by atoms with Crippen LogP contribution in [0.25, 0.3) is 0 Å². The van der Waals surface area contributed by atoms with Gasteiger partial charge in [0, 0.05) is 7.11 Å². The van der Waals surface area contributed by atoms with Gasteiger partial charge in [-0.15, -0.1) is 0 Å². The SMILES string of the molecule is CCCNC(c1ccc(OC)cc1)C(CCC)OC. The zero-order chi connectivity index (χ0) is 14.1. The third-order valence-electron chi connectivity index (χ3n) is 3.34. The van der Waals surface area contributed by atoms with Gasteiger partial charge in [-0.3, -0.25) is 0 Å². The highest BCUT2D eigenvalue weighted by atomic mass is 16.5. The lowest BCUT2D eigenvalue weighted by Gasteiger charge is -2.27. The Labute approximate surface area is 117 Å². The van der Waals surface area contributed by atoms with Crippen molar-refractivity contribution in [3.05, 3.63) is 29.8 Å². The molecule has 0 heterocycles. The fraction of sp³-hybridized carbons (Fsp3) is 0.625. The number of methoxy groups -OCH3 is 2. The molecule has 0 amide bonds. The topological polar surface area (TPSA) is 30.5 Å². The van der Waals surface area contributed by atoms with Crippen molar-refractivity contribution < 1.29 is 9.47 Å². The number of nitrogens with one attached hydrogen (secondary N) is 1. The minimum absolute atomic E-state index is 0.213. The summed E-state index contributed by atoms with van der Waals surface area (Å²) in [6.07, 6.45) is 3.52. The Bertz CT molecular complexity index is 337. The molecular formula is C16H27NO2. The smallest absolute Gasteiger partial charge is 0.118 e. The van der Waals surface area contributed by atoms with Gasteiger partial charge in [0.05, 0.1) is 19.3 Å².